The molecule has 4 atom stereocenters. The number of alkyl carbamates (subject to hydrolysis) is 1. The number of amides is 4. The molecule has 2 saturated heterocycles. The Hall–Kier alpha value is -6.51. The van der Waals surface area contributed by atoms with Crippen LogP contribution in [0, 0.1) is 11.8 Å². The van der Waals surface area contributed by atoms with Crippen molar-refractivity contribution in [3.05, 3.63) is 78.4 Å². The summed E-state index contributed by atoms with van der Waals surface area (Å²) in [6.07, 6.45) is 1.31. The van der Waals surface area contributed by atoms with Gasteiger partial charge in [-0.15, -0.1) is 0 Å². The van der Waals surface area contributed by atoms with Crippen molar-refractivity contribution in [2.24, 2.45) is 11.8 Å². The van der Waals surface area contributed by atoms with Gasteiger partial charge in [0.15, 0.2) is 0 Å². The quantitative estimate of drug-likeness (QED) is 0.0942. The number of methoxy groups -OCH3 is 1. The summed E-state index contributed by atoms with van der Waals surface area (Å²) in [6.45, 7) is 8.59. The normalized spacial score (nSPS) is 17.9. The third-order valence-corrected chi connectivity index (χ3v) is 11.6. The fourth-order valence-corrected chi connectivity index (χ4v) is 8.50. The third-order valence-electron chi connectivity index (χ3n) is 11.6. The number of hydrogen-bond donors (Lipinski definition) is 5. The molecule has 2 aliphatic rings. The number of nitrogens with one attached hydrogen (secondary N) is 4. The Bertz CT molecular complexity index is 2580. The minimum atomic E-state index is -1.22. The minimum Gasteiger partial charge on any atom is -0.465 e. The zero-order chi connectivity index (χ0) is 41.5. The van der Waals surface area contributed by atoms with Gasteiger partial charge in [0.25, 0.3) is 0 Å². The number of carbonyl (C=O) groups is 4. The number of carbonyl (C=O) groups excluding carboxylic acids is 3. The van der Waals surface area contributed by atoms with Crippen molar-refractivity contribution >= 4 is 57.0 Å². The van der Waals surface area contributed by atoms with Crippen molar-refractivity contribution in [2.45, 2.75) is 77.5 Å². The van der Waals surface area contributed by atoms with E-state index in [1.807, 2.05) is 69.0 Å². The highest BCUT2D eigenvalue weighted by molar-refractivity contribution is 5.91. The molecule has 15 nitrogen and oxygen atoms in total. The van der Waals surface area contributed by atoms with Crippen LogP contribution in [0.5, 0.6) is 0 Å². The highest BCUT2D eigenvalue weighted by atomic mass is 16.5. The smallest absolute Gasteiger partial charge is 0.407 e. The predicted octanol–water partition coefficient (Wildman–Crippen LogP) is 7.32. The molecule has 0 spiro atoms. The SMILES string of the molecule is COC(=O)N[C@H](C(=O)N1CCCC1c1nc2cc(-c3ccc4nc(-c5ccc6[nH]c([C@@H]7CCCN7C(=O)[C@@H](NC(=O)O)C(C)C)nc6c5)ccc4c3)ccc2[nH]1)C(C)C. The molecule has 3 aromatic heterocycles. The second-order valence-corrected chi connectivity index (χ2v) is 16.2. The van der Waals surface area contributed by atoms with Crippen LogP contribution in [0.4, 0.5) is 9.59 Å². The number of imidazole rings is 2. The maximum Gasteiger partial charge on any atom is 0.407 e. The fourth-order valence-electron chi connectivity index (χ4n) is 8.50. The summed E-state index contributed by atoms with van der Waals surface area (Å²) in [4.78, 5) is 75.8. The van der Waals surface area contributed by atoms with E-state index < -0.39 is 24.3 Å². The number of rotatable bonds is 10. The van der Waals surface area contributed by atoms with Crippen LogP contribution in [0.25, 0.3) is 55.4 Å². The van der Waals surface area contributed by atoms with E-state index in [0.717, 1.165) is 86.9 Å². The summed E-state index contributed by atoms with van der Waals surface area (Å²) >= 11 is 0. The van der Waals surface area contributed by atoms with Crippen LogP contribution in [0.15, 0.2) is 66.7 Å². The van der Waals surface area contributed by atoms with Crippen molar-refractivity contribution in [2.75, 3.05) is 20.2 Å². The Morgan fingerprint density at radius 2 is 1.20 bits per heavy atom. The Kier molecular flexibility index (Phi) is 10.7. The summed E-state index contributed by atoms with van der Waals surface area (Å²) in [5, 5.41) is 15.4. The molecule has 6 aromatic rings. The Labute approximate surface area is 340 Å². The molecule has 0 radical (unpaired) electrons. The van der Waals surface area contributed by atoms with Gasteiger partial charge in [-0.2, -0.15) is 0 Å². The maximum atomic E-state index is 13.6. The molecule has 306 valence electrons. The maximum absolute atomic E-state index is 13.6. The zero-order valence-electron chi connectivity index (χ0n) is 33.8. The molecule has 3 aromatic carbocycles. The summed E-state index contributed by atoms with van der Waals surface area (Å²) < 4.78 is 4.77. The van der Waals surface area contributed by atoms with Crippen LogP contribution in [0.2, 0.25) is 0 Å². The molecule has 0 aliphatic carbocycles. The van der Waals surface area contributed by atoms with Gasteiger partial charge < -0.3 is 40.2 Å². The van der Waals surface area contributed by atoms with Crippen LogP contribution < -0.4 is 10.6 Å². The summed E-state index contributed by atoms with van der Waals surface area (Å²) in [5.41, 5.74) is 7.88. The van der Waals surface area contributed by atoms with Gasteiger partial charge in [-0.3, -0.25) is 9.59 Å². The Morgan fingerprint density at radius 3 is 1.76 bits per heavy atom. The van der Waals surface area contributed by atoms with Gasteiger partial charge in [0.05, 0.1) is 52.5 Å². The number of carboxylic acid groups (broad SMARTS) is 1. The molecule has 15 heteroatoms. The number of pyridine rings is 1. The molecule has 4 amide bonds. The second-order valence-electron chi connectivity index (χ2n) is 16.2. The van der Waals surface area contributed by atoms with Crippen molar-refractivity contribution in [3.63, 3.8) is 0 Å². The van der Waals surface area contributed by atoms with E-state index in [2.05, 4.69) is 50.9 Å². The first kappa shape index (κ1) is 39.3. The molecule has 5 heterocycles. The highest BCUT2D eigenvalue weighted by Crippen LogP contribution is 2.36. The topological polar surface area (TPSA) is 199 Å². The van der Waals surface area contributed by atoms with E-state index in [4.69, 9.17) is 19.7 Å². The fraction of sp³-hybridized carbons (Fsp3) is 0.386. The molecule has 8 rings (SSSR count). The molecule has 2 fully saturated rings. The average molecular weight is 800 g/mol. The van der Waals surface area contributed by atoms with Crippen LogP contribution >= 0.6 is 0 Å². The summed E-state index contributed by atoms with van der Waals surface area (Å²) in [7, 11) is 1.29. The van der Waals surface area contributed by atoms with Crippen LogP contribution in [-0.2, 0) is 14.3 Å². The molecular formula is C44H49N9O6. The number of likely N-dealkylation sites (tertiary alicyclic amines) is 2. The molecule has 0 saturated carbocycles. The van der Waals surface area contributed by atoms with Crippen molar-refractivity contribution in [1.82, 2.24) is 45.4 Å². The van der Waals surface area contributed by atoms with Crippen molar-refractivity contribution < 1.29 is 29.0 Å². The average Bonchev–Trinajstić information content (AvgIpc) is 4.05. The number of aromatic nitrogens is 5. The van der Waals surface area contributed by atoms with Gasteiger partial charge in [-0.1, -0.05) is 52.0 Å². The van der Waals surface area contributed by atoms with Crippen LogP contribution in [0.1, 0.15) is 77.1 Å². The van der Waals surface area contributed by atoms with Crippen molar-refractivity contribution in [3.8, 4) is 22.4 Å². The number of benzene rings is 3. The van der Waals surface area contributed by atoms with Gasteiger partial charge in [-0.05, 0) is 91.1 Å². The molecule has 1 unspecified atom stereocenters. The molecular weight excluding hydrogens is 751 g/mol. The highest BCUT2D eigenvalue weighted by Gasteiger charge is 2.39. The van der Waals surface area contributed by atoms with E-state index >= 15 is 0 Å². The van der Waals surface area contributed by atoms with Gasteiger partial charge >= 0.3 is 12.2 Å². The minimum absolute atomic E-state index is 0.115. The summed E-state index contributed by atoms with van der Waals surface area (Å²) in [5.74, 6) is 0.717. The first-order valence-electron chi connectivity index (χ1n) is 20.2. The number of H-pyrrole nitrogens is 2. The van der Waals surface area contributed by atoms with E-state index in [0.29, 0.717) is 18.9 Å². The first-order chi connectivity index (χ1) is 28.4. The van der Waals surface area contributed by atoms with Crippen LogP contribution in [0.3, 0.4) is 0 Å². The van der Waals surface area contributed by atoms with E-state index in [1.165, 1.54) is 7.11 Å². The lowest BCUT2D eigenvalue weighted by Gasteiger charge is -2.29. The standard InChI is InChI=1S/C44H49N9O6/c1-23(2)37(50-43(56)57)41(54)52-18-6-8-35(52)40-47-32-17-13-28(22-34(32)49-40)30-15-12-27-20-25(10-14-29(27)45-30)26-11-16-31-33(21-26)48-39(46-31)36-9-7-19-53(36)42(55)38(24(3)4)51-44(58)59-5/h10-17,20-24,35-38,50H,6-9,18-19H2,1-5H3,(H,46,48)(H,47,49)(H,51,58)(H,56,57)/t35-,36?,37-,38-/m0/s1. The number of nitrogens with zero attached hydrogens (tertiary/aromatic N) is 5. The third kappa shape index (κ3) is 7.76. The monoisotopic (exact) mass is 799 g/mol. The molecule has 0 bridgehead atoms. The van der Waals surface area contributed by atoms with Crippen LogP contribution in [-0.4, -0.2) is 96.1 Å². The number of aromatic amines is 2. The van der Waals surface area contributed by atoms with Gasteiger partial charge in [0.2, 0.25) is 11.8 Å². The lowest BCUT2D eigenvalue weighted by atomic mass is 10.0. The number of hydrogen-bond acceptors (Lipinski definition) is 8. The summed E-state index contributed by atoms with van der Waals surface area (Å²) in [6, 6.07) is 20.3. The Balaban J connectivity index is 0.997. The first-order valence-corrected chi connectivity index (χ1v) is 20.2. The lowest BCUT2D eigenvalue weighted by Crippen LogP contribution is -2.51. The molecule has 59 heavy (non-hydrogen) atoms. The van der Waals surface area contributed by atoms with Gasteiger partial charge in [0.1, 0.15) is 23.7 Å². The predicted molar refractivity (Wildman–Crippen MR) is 223 cm³/mol. The molecule has 5 N–H and O–H groups in total. The van der Waals surface area contributed by atoms with Crippen molar-refractivity contribution in [1.29, 1.82) is 0 Å². The number of fused-ring (bicyclic) bond motifs is 3. The van der Waals surface area contributed by atoms with Gasteiger partial charge in [0, 0.05) is 24.0 Å². The number of ether oxygens (including phenoxy) is 1. The zero-order valence-corrected chi connectivity index (χ0v) is 33.8. The largest absolute Gasteiger partial charge is 0.465 e. The Morgan fingerprint density at radius 1 is 0.678 bits per heavy atom. The van der Waals surface area contributed by atoms with E-state index in [9.17, 15) is 24.3 Å². The van der Waals surface area contributed by atoms with E-state index in [1.54, 1.807) is 4.90 Å². The van der Waals surface area contributed by atoms with Gasteiger partial charge in [-0.25, -0.2) is 24.5 Å². The molecule has 2 aliphatic heterocycles. The van der Waals surface area contributed by atoms with E-state index in [-0.39, 0.29) is 35.7 Å². The lowest BCUT2D eigenvalue weighted by molar-refractivity contribution is -0.136. The second kappa shape index (κ2) is 16.0.